The maximum atomic E-state index is 8.89. The lowest BCUT2D eigenvalue weighted by molar-refractivity contribution is 0.714. The van der Waals surface area contributed by atoms with Crippen LogP contribution in [0, 0.1) is 5.41 Å². The lowest BCUT2D eigenvalue weighted by atomic mass is 9.68. The molecule has 55 heavy (non-hydrogen) atoms. The van der Waals surface area contributed by atoms with Crippen LogP contribution in [0.2, 0.25) is 0 Å². The number of rotatable bonds is 7. The summed E-state index contributed by atoms with van der Waals surface area (Å²) < 4.78 is 0. The predicted octanol–water partition coefficient (Wildman–Crippen LogP) is 12.9. The molecule has 3 aliphatic rings. The predicted molar refractivity (Wildman–Crippen MR) is 229 cm³/mol. The summed E-state index contributed by atoms with van der Waals surface area (Å²) in [7, 11) is 0. The number of hydrogen-bond acceptors (Lipinski definition) is 1. The minimum Gasteiger partial charge on any atom is -0.282 e. The van der Waals surface area contributed by atoms with E-state index in [-0.39, 0.29) is 11.3 Å². The van der Waals surface area contributed by atoms with Crippen LogP contribution in [0.1, 0.15) is 58.2 Å². The van der Waals surface area contributed by atoms with Gasteiger partial charge >= 0.3 is 0 Å². The van der Waals surface area contributed by atoms with Crippen molar-refractivity contribution < 1.29 is 0 Å². The highest BCUT2D eigenvalue weighted by Gasteiger charge is 2.52. The Bertz CT molecular complexity index is 2670. The molecule has 2 heteroatoms. The molecule has 1 N–H and O–H groups in total. The van der Waals surface area contributed by atoms with Crippen molar-refractivity contribution >= 4 is 17.1 Å². The molecule has 0 aromatic heterocycles. The van der Waals surface area contributed by atoms with Crippen molar-refractivity contribution in [2.45, 2.75) is 31.1 Å². The van der Waals surface area contributed by atoms with Gasteiger partial charge in [-0.05, 0) is 122 Å². The number of allylic oxidation sites excluding steroid dienone is 4. The van der Waals surface area contributed by atoms with Crippen molar-refractivity contribution in [3.05, 3.63) is 233 Å². The third-order valence-corrected chi connectivity index (χ3v) is 11.8. The molecule has 10 rings (SSSR count). The molecule has 0 aliphatic heterocycles. The van der Waals surface area contributed by atoms with Crippen molar-refractivity contribution in [2.75, 3.05) is 0 Å². The number of aryl methyl sites for hydroxylation is 1. The fraction of sp³-hybridized carbons (Fsp3) is 0.0943. The highest BCUT2D eigenvalue weighted by Crippen LogP contribution is 2.63. The second kappa shape index (κ2) is 13.6. The van der Waals surface area contributed by atoms with Crippen molar-refractivity contribution in [1.29, 1.82) is 5.41 Å². The van der Waals surface area contributed by atoms with Gasteiger partial charge in [0.25, 0.3) is 0 Å². The van der Waals surface area contributed by atoms with Crippen LogP contribution in [0.3, 0.4) is 0 Å². The van der Waals surface area contributed by atoms with Gasteiger partial charge < -0.3 is 0 Å². The Balaban J connectivity index is 1.04. The largest absolute Gasteiger partial charge is 0.282 e. The van der Waals surface area contributed by atoms with E-state index >= 15 is 0 Å². The third-order valence-electron chi connectivity index (χ3n) is 11.8. The first-order chi connectivity index (χ1) is 27.2. The Morgan fingerprint density at radius 1 is 0.527 bits per heavy atom. The van der Waals surface area contributed by atoms with Crippen LogP contribution in [0.4, 0.5) is 0 Å². The number of nitrogens with zero attached hydrogens (tertiary/aromatic N) is 1. The lowest BCUT2D eigenvalue weighted by Gasteiger charge is -2.33. The standard InChI is InChI=1S/C53H40N2/c54-52(37-17-5-2-6-18-37)55-51(32-29-36-15-3-1-4-16-36)42-22-14-21-40(34-42)38-19-13-20-39(33-38)41-30-31-46-45-25-9-12-28-49(45)53(50(46)35-41)47-26-10-7-23-43(47)44-24-8-11-27-48(44)53/h1-11,13-27,30-31,33-35,54H,12,28-29,32H2. The van der Waals surface area contributed by atoms with E-state index in [2.05, 4.69) is 158 Å². The molecule has 262 valence electrons. The SMILES string of the molecule is N=C(N=C(CCc1ccccc1)c1cccc(-c2cccc(-c3ccc4c(c3)C3(C5=C4C=CCC5)c4ccccc4-c4ccccc43)c2)c1)c1ccccc1. The van der Waals surface area contributed by atoms with Gasteiger partial charge in [0.05, 0.1) is 11.1 Å². The van der Waals surface area contributed by atoms with Crippen LogP contribution in [-0.2, 0) is 11.8 Å². The summed E-state index contributed by atoms with van der Waals surface area (Å²) in [6, 6.07) is 63.3. The zero-order valence-corrected chi connectivity index (χ0v) is 30.7. The number of hydrogen-bond donors (Lipinski definition) is 1. The first-order valence-electron chi connectivity index (χ1n) is 19.4. The molecule has 0 saturated carbocycles. The molecule has 1 spiro atoms. The molecule has 7 aromatic carbocycles. The number of nitrogens with one attached hydrogen (secondary N) is 1. The molecule has 0 bridgehead atoms. The van der Waals surface area contributed by atoms with Crippen molar-refractivity contribution in [3.63, 3.8) is 0 Å². The topological polar surface area (TPSA) is 36.2 Å². The Hall–Kier alpha value is -6.64. The fourth-order valence-corrected chi connectivity index (χ4v) is 9.31. The quantitative estimate of drug-likeness (QED) is 0.127. The molecule has 0 unspecified atom stereocenters. The first-order valence-corrected chi connectivity index (χ1v) is 19.4. The molecular weight excluding hydrogens is 665 g/mol. The smallest absolute Gasteiger partial charge is 0.152 e. The highest BCUT2D eigenvalue weighted by molar-refractivity contribution is 6.11. The van der Waals surface area contributed by atoms with Crippen LogP contribution >= 0.6 is 0 Å². The minimum atomic E-state index is -0.284. The Morgan fingerprint density at radius 2 is 1.13 bits per heavy atom. The monoisotopic (exact) mass is 704 g/mol. The molecule has 0 radical (unpaired) electrons. The zero-order valence-electron chi connectivity index (χ0n) is 30.7. The summed E-state index contributed by atoms with van der Waals surface area (Å²) in [5.74, 6) is 0.282. The van der Waals surface area contributed by atoms with Crippen LogP contribution in [-0.4, -0.2) is 11.5 Å². The van der Waals surface area contributed by atoms with Gasteiger partial charge in [0.1, 0.15) is 0 Å². The number of amidine groups is 1. The Labute approximate surface area is 323 Å². The van der Waals surface area contributed by atoms with E-state index in [1.54, 1.807) is 0 Å². The molecule has 0 saturated heterocycles. The molecule has 0 fully saturated rings. The number of benzene rings is 7. The van der Waals surface area contributed by atoms with Crippen LogP contribution in [0.15, 0.2) is 199 Å². The Morgan fingerprint density at radius 3 is 1.85 bits per heavy atom. The summed E-state index contributed by atoms with van der Waals surface area (Å²) in [6.45, 7) is 0. The second-order valence-electron chi connectivity index (χ2n) is 14.9. The molecule has 0 heterocycles. The van der Waals surface area contributed by atoms with Gasteiger partial charge in [-0.25, -0.2) is 4.99 Å². The van der Waals surface area contributed by atoms with Crippen LogP contribution in [0.25, 0.3) is 39.0 Å². The van der Waals surface area contributed by atoms with E-state index in [1.807, 2.05) is 30.3 Å². The number of fused-ring (bicyclic) bond motifs is 9. The average molecular weight is 705 g/mol. The average Bonchev–Trinajstić information content (AvgIpc) is 3.73. The highest BCUT2D eigenvalue weighted by atomic mass is 14.8. The van der Waals surface area contributed by atoms with Crippen molar-refractivity contribution in [3.8, 4) is 33.4 Å². The molecule has 2 nitrogen and oxygen atoms in total. The first kappa shape index (κ1) is 33.0. The van der Waals surface area contributed by atoms with Gasteiger partial charge in [-0.3, -0.25) is 5.41 Å². The lowest BCUT2D eigenvalue weighted by Crippen LogP contribution is -2.27. The minimum absolute atomic E-state index is 0.282. The summed E-state index contributed by atoms with van der Waals surface area (Å²) in [5.41, 5.74) is 19.7. The van der Waals surface area contributed by atoms with E-state index < -0.39 is 0 Å². The van der Waals surface area contributed by atoms with Gasteiger partial charge in [-0.1, -0.05) is 170 Å². The Kier molecular flexibility index (Phi) is 8.18. The molecule has 7 aromatic rings. The van der Waals surface area contributed by atoms with Crippen molar-refractivity contribution in [1.82, 2.24) is 0 Å². The normalized spacial score (nSPS) is 14.7. The van der Waals surface area contributed by atoms with Gasteiger partial charge in [0.2, 0.25) is 0 Å². The zero-order chi connectivity index (χ0) is 36.8. The fourth-order valence-electron chi connectivity index (χ4n) is 9.31. The summed E-state index contributed by atoms with van der Waals surface area (Å²) in [6.07, 6.45) is 8.44. The summed E-state index contributed by atoms with van der Waals surface area (Å²) in [4.78, 5) is 4.95. The molecule has 3 aliphatic carbocycles. The van der Waals surface area contributed by atoms with Crippen molar-refractivity contribution in [2.24, 2.45) is 4.99 Å². The molecular formula is C53H40N2. The van der Waals surface area contributed by atoms with Crippen LogP contribution < -0.4 is 0 Å². The second-order valence-corrected chi connectivity index (χ2v) is 14.9. The maximum Gasteiger partial charge on any atom is 0.152 e. The number of aliphatic imine (C=N–C) groups is 1. The van der Waals surface area contributed by atoms with Gasteiger partial charge in [-0.15, -0.1) is 0 Å². The van der Waals surface area contributed by atoms with Crippen LogP contribution in [0.5, 0.6) is 0 Å². The summed E-state index contributed by atoms with van der Waals surface area (Å²) in [5, 5.41) is 8.89. The van der Waals surface area contributed by atoms with E-state index in [9.17, 15) is 0 Å². The van der Waals surface area contributed by atoms with E-state index in [0.29, 0.717) is 0 Å². The van der Waals surface area contributed by atoms with Gasteiger partial charge in [-0.2, -0.15) is 0 Å². The van der Waals surface area contributed by atoms with E-state index in [1.165, 1.54) is 61.2 Å². The molecule has 0 amide bonds. The van der Waals surface area contributed by atoms with E-state index in [4.69, 9.17) is 10.4 Å². The maximum absolute atomic E-state index is 8.89. The van der Waals surface area contributed by atoms with Gasteiger partial charge in [0, 0.05) is 5.56 Å². The molecule has 0 atom stereocenters. The third kappa shape index (κ3) is 5.56. The van der Waals surface area contributed by atoms with Gasteiger partial charge in [0.15, 0.2) is 5.84 Å². The van der Waals surface area contributed by atoms with E-state index in [0.717, 1.165) is 53.6 Å². The summed E-state index contributed by atoms with van der Waals surface area (Å²) >= 11 is 0.